The Balaban J connectivity index is 2.03. The third-order valence-electron chi connectivity index (χ3n) is 3.33. The van der Waals surface area contributed by atoms with Crippen molar-refractivity contribution in [3.63, 3.8) is 0 Å². The first-order valence-corrected chi connectivity index (χ1v) is 6.16. The lowest BCUT2D eigenvalue weighted by Gasteiger charge is -2.13. The largest absolute Gasteiger partial charge is 0.394 e. The molecule has 0 aliphatic carbocycles. The van der Waals surface area contributed by atoms with E-state index in [2.05, 4.69) is 20.3 Å². The summed E-state index contributed by atoms with van der Waals surface area (Å²) >= 11 is 0. The second-order valence-electron chi connectivity index (χ2n) is 4.53. The van der Waals surface area contributed by atoms with E-state index in [1.54, 1.807) is 7.05 Å². The van der Waals surface area contributed by atoms with Crippen LogP contribution < -0.4 is 5.32 Å². The average Bonchev–Trinajstić information content (AvgIpc) is 3.00. The standard InChI is InChI=1S/C11H14FN5O3/c1-13-9-8-10(16-11(12)15-9)17(4-14-8)7-2-5(19)6(3-18)20-7/h4-7,18-19H,2-3H2,1H3,(H,13,15,16)/t5-,6+,7-/m1/s1. The zero-order valence-corrected chi connectivity index (χ0v) is 10.7. The number of ether oxygens (including phenoxy) is 1. The highest BCUT2D eigenvalue weighted by atomic mass is 19.1. The fourth-order valence-electron chi connectivity index (χ4n) is 2.33. The maximum Gasteiger partial charge on any atom is 0.312 e. The van der Waals surface area contributed by atoms with Gasteiger partial charge in [-0.2, -0.15) is 14.4 Å². The van der Waals surface area contributed by atoms with Crippen molar-refractivity contribution in [2.75, 3.05) is 19.0 Å². The Morgan fingerprint density at radius 3 is 3.00 bits per heavy atom. The fraction of sp³-hybridized carbons (Fsp3) is 0.545. The number of imidazole rings is 1. The predicted octanol–water partition coefficient (Wildman–Crippen LogP) is -0.352. The number of nitrogens with zero attached hydrogens (tertiary/aromatic N) is 4. The lowest BCUT2D eigenvalue weighted by molar-refractivity contribution is -0.0432. The molecule has 0 aromatic carbocycles. The second kappa shape index (κ2) is 4.93. The molecule has 0 spiro atoms. The summed E-state index contributed by atoms with van der Waals surface area (Å²) in [5.41, 5.74) is 0.692. The van der Waals surface area contributed by atoms with Crippen LogP contribution in [0.2, 0.25) is 0 Å². The van der Waals surface area contributed by atoms with Crippen molar-refractivity contribution in [2.24, 2.45) is 0 Å². The highest BCUT2D eigenvalue weighted by molar-refractivity contribution is 5.82. The van der Waals surface area contributed by atoms with Crippen molar-refractivity contribution in [3.8, 4) is 0 Å². The van der Waals surface area contributed by atoms with Crippen molar-refractivity contribution in [3.05, 3.63) is 12.4 Å². The lowest BCUT2D eigenvalue weighted by Crippen LogP contribution is -2.24. The van der Waals surface area contributed by atoms with E-state index in [0.717, 1.165) is 0 Å². The topological polar surface area (TPSA) is 105 Å². The average molecular weight is 283 g/mol. The Hall–Kier alpha value is -1.84. The lowest BCUT2D eigenvalue weighted by atomic mass is 10.2. The Labute approximate surface area is 113 Å². The van der Waals surface area contributed by atoms with Crippen LogP contribution in [-0.4, -0.2) is 55.6 Å². The van der Waals surface area contributed by atoms with Crippen LogP contribution in [0.3, 0.4) is 0 Å². The number of aliphatic hydroxyl groups excluding tert-OH is 2. The Kier molecular flexibility index (Phi) is 3.24. The molecule has 0 bridgehead atoms. The van der Waals surface area contributed by atoms with E-state index in [1.807, 2.05) is 0 Å². The minimum atomic E-state index is -0.874. The highest BCUT2D eigenvalue weighted by Crippen LogP contribution is 2.31. The molecule has 1 fully saturated rings. The zero-order valence-electron chi connectivity index (χ0n) is 10.7. The van der Waals surface area contributed by atoms with E-state index in [9.17, 15) is 9.50 Å². The number of halogens is 1. The molecular formula is C11H14FN5O3. The summed E-state index contributed by atoms with van der Waals surface area (Å²) in [6.07, 6.45) is -1.13. The molecule has 2 aromatic heterocycles. The van der Waals surface area contributed by atoms with Gasteiger partial charge in [0.1, 0.15) is 12.3 Å². The molecule has 0 saturated carbocycles. The molecule has 0 amide bonds. The molecular weight excluding hydrogens is 269 g/mol. The summed E-state index contributed by atoms with van der Waals surface area (Å²) in [6.45, 7) is -0.282. The number of hydrogen-bond donors (Lipinski definition) is 3. The zero-order chi connectivity index (χ0) is 14.3. The predicted molar refractivity (Wildman–Crippen MR) is 66.4 cm³/mol. The van der Waals surface area contributed by atoms with E-state index >= 15 is 0 Å². The van der Waals surface area contributed by atoms with Gasteiger partial charge in [0.15, 0.2) is 17.0 Å². The Bertz CT molecular complexity index is 634. The molecule has 0 unspecified atom stereocenters. The molecule has 8 nitrogen and oxygen atoms in total. The van der Waals surface area contributed by atoms with Crippen LogP contribution >= 0.6 is 0 Å². The van der Waals surface area contributed by atoms with Crippen LogP contribution in [0, 0.1) is 6.08 Å². The van der Waals surface area contributed by atoms with Crippen LogP contribution in [0.25, 0.3) is 11.2 Å². The molecule has 20 heavy (non-hydrogen) atoms. The number of aliphatic hydroxyl groups is 2. The van der Waals surface area contributed by atoms with Gasteiger partial charge in [-0.15, -0.1) is 0 Å². The van der Waals surface area contributed by atoms with E-state index < -0.39 is 24.5 Å². The van der Waals surface area contributed by atoms with Crippen molar-refractivity contribution in [1.29, 1.82) is 0 Å². The highest BCUT2D eigenvalue weighted by Gasteiger charge is 2.35. The molecule has 1 aliphatic heterocycles. The van der Waals surface area contributed by atoms with E-state index in [4.69, 9.17) is 9.84 Å². The van der Waals surface area contributed by atoms with E-state index in [-0.39, 0.29) is 24.5 Å². The molecule has 3 heterocycles. The molecule has 1 saturated heterocycles. The molecule has 2 aromatic rings. The maximum atomic E-state index is 13.4. The summed E-state index contributed by atoms with van der Waals surface area (Å²) in [5, 5.41) is 21.6. The van der Waals surface area contributed by atoms with Crippen molar-refractivity contribution in [1.82, 2.24) is 19.5 Å². The second-order valence-corrected chi connectivity index (χ2v) is 4.53. The summed E-state index contributed by atoms with van der Waals surface area (Å²) in [6, 6.07) is 0. The minimum Gasteiger partial charge on any atom is -0.394 e. The van der Waals surface area contributed by atoms with Gasteiger partial charge < -0.3 is 20.3 Å². The van der Waals surface area contributed by atoms with Gasteiger partial charge in [-0.25, -0.2) is 4.98 Å². The van der Waals surface area contributed by atoms with Crippen molar-refractivity contribution >= 4 is 17.0 Å². The third kappa shape index (κ3) is 1.99. The number of nitrogens with one attached hydrogen (secondary N) is 1. The van der Waals surface area contributed by atoms with Crippen LogP contribution in [-0.2, 0) is 4.74 Å². The van der Waals surface area contributed by atoms with Gasteiger partial charge in [0.25, 0.3) is 0 Å². The SMILES string of the molecule is CNc1nc(F)nc2c1ncn2[C@H]1C[C@@H](O)[C@H](CO)O1. The fourth-order valence-corrected chi connectivity index (χ4v) is 2.33. The minimum absolute atomic E-state index is 0.275. The molecule has 3 N–H and O–H groups in total. The summed E-state index contributed by atoms with van der Waals surface area (Å²) in [5.74, 6) is 0.281. The number of rotatable bonds is 3. The van der Waals surface area contributed by atoms with Crippen molar-refractivity contribution in [2.45, 2.75) is 24.9 Å². The van der Waals surface area contributed by atoms with Gasteiger partial charge in [0.05, 0.1) is 19.0 Å². The molecule has 0 radical (unpaired) electrons. The molecule has 1 aliphatic rings. The number of aromatic nitrogens is 4. The van der Waals surface area contributed by atoms with Gasteiger partial charge in [-0.1, -0.05) is 0 Å². The molecule has 3 atom stereocenters. The smallest absolute Gasteiger partial charge is 0.312 e. The Morgan fingerprint density at radius 2 is 2.35 bits per heavy atom. The maximum absolute atomic E-state index is 13.4. The van der Waals surface area contributed by atoms with E-state index in [0.29, 0.717) is 5.52 Å². The summed E-state index contributed by atoms with van der Waals surface area (Å²) in [4.78, 5) is 11.5. The van der Waals surface area contributed by atoms with Crippen LogP contribution in [0.1, 0.15) is 12.6 Å². The molecule has 108 valence electrons. The monoisotopic (exact) mass is 283 g/mol. The third-order valence-corrected chi connectivity index (χ3v) is 3.33. The van der Waals surface area contributed by atoms with E-state index in [1.165, 1.54) is 10.9 Å². The van der Waals surface area contributed by atoms with Gasteiger partial charge in [-0.05, 0) is 0 Å². The molecule has 9 heteroatoms. The normalized spacial score (nSPS) is 26.3. The van der Waals surface area contributed by atoms with Gasteiger partial charge in [0.2, 0.25) is 0 Å². The first kappa shape index (κ1) is 13.2. The summed E-state index contributed by atoms with van der Waals surface area (Å²) in [7, 11) is 1.61. The number of anilines is 1. The molecule has 3 rings (SSSR count). The van der Waals surface area contributed by atoms with Gasteiger partial charge >= 0.3 is 6.08 Å². The van der Waals surface area contributed by atoms with Crippen molar-refractivity contribution < 1.29 is 19.3 Å². The van der Waals surface area contributed by atoms with Gasteiger partial charge in [-0.3, -0.25) is 4.57 Å². The first-order chi connectivity index (χ1) is 9.63. The quantitative estimate of drug-likeness (QED) is 0.661. The van der Waals surface area contributed by atoms with Gasteiger partial charge in [0, 0.05) is 13.5 Å². The summed E-state index contributed by atoms with van der Waals surface area (Å²) < 4.78 is 20.5. The first-order valence-electron chi connectivity index (χ1n) is 6.16. The number of fused-ring (bicyclic) bond motifs is 1. The number of hydrogen-bond acceptors (Lipinski definition) is 7. The Morgan fingerprint density at radius 1 is 1.55 bits per heavy atom. The van der Waals surface area contributed by atoms with Crippen LogP contribution in [0.5, 0.6) is 0 Å². The van der Waals surface area contributed by atoms with Crippen LogP contribution in [0.15, 0.2) is 6.33 Å². The van der Waals surface area contributed by atoms with Crippen LogP contribution in [0.4, 0.5) is 10.2 Å².